The van der Waals surface area contributed by atoms with Crippen molar-refractivity contribution in [1.82, 2.24) is 15.5 Å². The summed E-state index contributed by atoms with van der Waals surface area (Å²) in [6.07, 6.45) is 5.29. The van der Waals surface area contributed by atoms with Crippen LogP contribution < -0.4 is 10.6 Å². The number of carbonyl (C=O) groups is 1. The van der Waals surface area contributed by atoms with Gasteiger partial charge in [0, 0.05) is 12.6 Å². The lowest BCUT2D eigenvalue weighted by molar-refractivity contribution is -0.131. The van der Waals surface area contributed by atoms with Gasteiger partial charge in [-0.1, -0.05) is 13.3 Å². The standard InChI is InChI=1S/C14H27N3O/c1-3-6-14(7-8-15-11-14)13(18)16-12-4-9-17(2)10-5-12/h12,15H,3-11H2,1-2H3,(H,16,18). The summed E-state index contributed by atoms with van der Waals surface area (Å²) in [5.41, 5.74) is -0.127. The first kappa shape index (κ1) is 13.8. The third-order valence-electron chi connectivity index (χ3n) is 4.51. The maximum Gasteiger partial charge on any atom is 0.227 e. The number of rotatable bonds is 4. The van der Waals surface area contributed by atoms with E-state index in [0.29, 0.717) is 11.9 Å². The van der Waals surface area contributed by atoms with Crippen molar-refractivity contribution < 1.29 is 4.79 Å². The molecule has 104 valence electrons. The zero-order chi connectivity index (χ0) is 13.0. The molecular weight excluding hydrogens is 226 g/mol. The lowest BCUT2D eigenvalue weighted by Crippen LogP contribution is -2.50. The molecule has 0 spiro atoms. The number of nitrogens with zero attached hydrogens (tertiary/aromatic N) is 1. The van der Waals surface area contributed by atoms with Crippen LogP contribution in [0.15, 0.2) is 0 Å². The van der Waals surface area contributed by atoms with Crippen LogP contribution in [-0.4, -0.2) is 50.1 Å². The van der Waals surface area contributed by atoms with Crippen molar-refractivity contribution in [1.29, 1.82) is 0 Å². The molecule has 4 nitrogen and oxygen atoms in total. The Morgan fingerprint density at radius 2 is 2.17 bits per heavy atom. The maximum atomic E-state index is 12.5. The quantitative estimate of drug-likeness (QED) is 0.785. The minimum absolute atomic E-state index is 0.127. The van der Waals surface area contributed by atoms with Gasteiger partial charge in [0.05, 0.1) is 5.41 Å². The Bertz CT molecular complexity index is 279. The number of amides is 1. The third-order valence-corrected chi connectivity index (χ3v) is 4.51. The van der Waals surface area contributed by atoms with E-state index in [2.05, 4.69) is 29.5 Å². The van der Waals surface area contributed by atoms with Gasteiger partial charge in [0.1, 0.15) is 0 Å². The smallest absolute Gasteiger partial charge is 0.227 e. The molecule has 2 heterocycles. The van der Waals surface area contributed by atoms with Crippen LogP contribution in [0.2, 0.25) is 0 Å². The van der Waals surface area contributed by atoms with Gasteiger partial charge in [-0.15, -0.1) is 0 Å². The SMILES string of the molecule is CCCC1(C(=O)NC2CCN(C)CC2)CCNC1. The highest BCUT2D eigenvalue weighted by atomic mass is 16.2. The molecule has 0 saturated carbocycles. The third kappa shape index (κ3) is 3.04. The van der Waals surface area contributed by atoms with Crippen LogP contribution in [0.3, 0.4) is 0 Å². The number of carbonyl (C=O) groups excluding carboxylic acids is 1. The molecule has 0 aromatic heterocycles. The molecule has 18 heavy (non-hydrogen) atoms. The van der Waals surface area contributed by atoms with Crippen LogP contribution in [-0.2, 0) is 4.79 Å². The molecule has 2 aliphatic rings. The minimum atomic E-state index is -0.127. The van der Waals surface area contributed by atoms with E-state index in [4.69, 9.17) is 0 Å². The first-order chi connectivity index (χ1) is 8.66. The molecule has 2 N–H and O–H groups in total. The molecule has 2 saturated heterocycles. The van der Waals surface area contributed by atoms with E-state index in [1.807, 2.05) is 0 Å². The highest BCUT2D eigenvalue weighted by Gasteiger charge is 2.40. The summed E-state index contributed by atoms with van der Waals surface area (Å²) in [5.74, 6) is 0.295. The molecule has 2 aliphatic heterocycles. The maximum absolute atomic E-state index is 12.5. The second-order valence-corrected chi connectivity index (χ2v) is 6.01. The Kier molecular flexibility index (Phi) is 4.62. The Hall–Kier alpha value is -0.610. The topological polar surface area (TPSA) is 44.4 Å². The van der Waals surface area contributed by atoms with Crippen LogP contribution in [0, 0.1) is 5.41 Å². The van der Waals surface area contributed by atoms with Gasteiger partial charge in [0.25, 0.3) is 0 Å². The van der Waals surface area contributed by atoms with Gasteiger partial charge in [-0.05, 0) is 52.4 Å². The van der Waals surface area contributed by atoms with Gasteiger partial charge in [0.2, 0.25) is 5.91 Å². The summed E-state index contributed by atoms with van der Waals surface area (Å²) in [6, 6.07) is 0.392. The van der Waals surface area contributed by atoms with E-state index < -0.39 is 0 Å². The number of likely N-dealkylation sites (tertiary alicyclic amines) is 1. The predicted molar refractivity (Wildman–Crippen MR) is 73.5 cm³/mol. The number of piperidine rings is 1. The lowest BCUT2D eigenvalue weighted by Gasteiger charge is -2.33. The Balaban J connectivity index is 1.89. The van der Waals surface area contributed by atoms with Gasteiger partial charge in [-0.25, -0.2) is 0 Å². The van der Waals surface area contributed by atoms with Gasteiger partial charge >= 0.3 is 0 Å². The summed E-state index contributed by atoms with van der Waals surface area (Å²) in [5, 5.41) is 6.66. The molecule has 1 atom stereocenters. The summed E-state index contributed by atoms with van der Waals surface area (Å²) in [4.78, 5) is 14.9. The molecule has 0 aromatic carbocycles. The zero-order valence-corrected chi connectivity index (χ0v) is 11.8. The van der Waals surface area contributed by atoms with E-state index in [-0.39, 0.29) is 5.41 Å². The molecule has 2 rings (SSSR count). The van der Waals surface area contributed by atoms with Crippen LogP contribution >= 0.6 is 0 Å². The summed E-state index contributed by atoms with van der Waals surface area (Å²) >= 11 is 0. The second-order valence-electron chi connectivity index (χ2n) is 6.01. The van der Waals surface area contributed by atoms with E-state index in [1.54, 1.807) is 0 Å². The Morgan fingerprint density at radius 3 is 2.72 bits per heavy atom. The summed E-state index contributed by atoms with van der Waals surface area (Å²) in [7, 11) is 2.15. The van der Waals surface area contributed by atoms with Crippen molar-refractivity contribution in [3.8, 4) is 0 Å². The number of nitrogens with one attached hydrogen (secondary N) is 2. The Morgan fingerprint density at radius 1 is 1.44 bits per heavy atom. The van der Waals surface area contributed by atoms with Gasteiger partial charge in [-0.3, -0.25) is 4.79 Å². The normalized spacial score (nSPS) is 30.6. The average Bonchev–Trinajstić information content (AvgIpc) is 2.82. The molecule has 1 unspecified atom stereocenters. The zero-order valence-electron chi connectivity index (χ0n) is 11.8. The van der Waals surface area contributed by atoms with Crippen molar-refractivity contribution in [2.75, 3.05) is 33.2 Å². The highest BCUT2D eigenvalue weighted by Crippen LogP contribution is 2.31. The minimum Gasteiger partial charge on any atom is -0.353 e. The second kappa shape index (κ2) is 6.02. The van der Waals surface area contributed by atoms with Gasteiger partial charge in [0.15, 0.2) is 0 Å². The molecule has 2 fully saturated rings. The largest absolute Gasteiger partial charge is 0.353 e. The summed E-state index contributed by atoms with van der Waals surface area (Å²) in [6.45, 7) is 6.22. The number of hydrogen-bond acceptors (Lipinski definition) is 3. The predicted octanol–water partition coefficient (Wildman–Crippen LogP) is 0.977. The van der Waals surface area contributed by atoms with Crippen molar-refractivity contribution in [2.45, 2.75) is 45.1 Å². The Labute approximate surface area is 110 Å². The monoisotopic (exact) mass is 253 g/mol. The first-order valence-corrected chi connectivity index (χ1v) is 7.36. The fraction of sp³-hybridized carbons (Fsp3) is 0.929. The van der Waals surface area contributed by atoms with Gasteiger partial charge < -0.3 is 15.5 Å². The van der Waals surface area contributed by atoms with Crippen molar-refractivity contribution in [3.05, 3.63) is 0 Å². The summed E-state index contributed by atoms with van der Waals surface area (Å²) < 4.78 is 0. The molecule has 0 aromatic rings. The lowest BCUT2D eigenvalue weighted by atomic mass is 9.81. The van der Waals surface area contributed by atoms with E-state index in [9.17, 15) is 4.79 Å². The van der Waals surface area contributed by atoms with Crippen molar-refractivity contribution in [3.63, 3.8) is 0 Å². The molecule has 0 bridgehead atoms. The average molecular weight is 253 g/mol. The van der Waals surface area contributed by atoms with Crippen LogP contribution in [0.1, 0.15) is 39.0 Å². The molecule has 0 aliphatic carbocycles. The highest BCUT2D eigenvalue weighted by molar-refractivity contribution is 5.83. The van der Waals surface area contributed by atoms with Crippen LogP contribution in [0.5, 0.6) is 0 Å². The van der Waals surface area contributed by atoms with E-state index in [1.165, 1.54) is 0 Å². The molecule has 0 radical (unpaired) electrons. The fourth-order valence-electron chi connectivity index (χ4n) is 3.23. The molecular formula is C14H27N3O. The van der Waals surface area contributed by atoms with E-state index >= 15 is 0 Å². The van der Waals surface area contributed by atoms with Crippen molar-refractivity contribution in [2.24, 2.45) is 5.41 Å². The molecule has 4 heteroatoms. The van der Waals surface area contributed by atoms with Gasteiger partial charge in [-0.2, -0.15) is 0 Å². The number of hydrogen-bond donors (Lipinski definition) is 2. The van der Waals surface area contributed by atoms with E-state index in [0.717, 1.165) is 58.3 Å². The first-order valence-electron chi connectivity index (χ1n) is 7.36. The van der Waals surface area contributed by atoms with Crippen LogP contribution in [0.25, 0.3) is 0 Å². The van der Waals surface area contributed by atoms with Crippen molar-refractivity contribution >= 4 is 5.91 Å². The molecule has 1 amide bonds. The fourth-order valence-corrected chi connectivity index (χ4v) is 3.23. The van der Waals surface area contributed by atoms with Crippen LogP contribution in [0.4, 0.5) is 0 Å².